The first-order valence-corrected chi connectivity index (χ1v) is 5.13. The summed E-state index contributed by atoms with van der Waals surface area (Å²) >= 11 is -3.39. The van der Waals surface area contributed by atoms with E-state index in [1.807, 2.05) is 0 Å². The molecule has 1 atom stereocenters. The molecule has 0 aliphatic rings. The van der Waals surface area contributed by atoms with Crippen LogP contribution in [0.3, 0.4) is 0 Å². The second kappa shape index (κ2) is 4.17. The maximum Gasteiger partial charge on any atom is 0.361 e. The Labute approximate surface area is 80.6 Å². The Kier molecular flexibility index (Phi) is 3.40. The molecule has 1 aromatic carbocycles. The van der Waals surface area contributed by atoms with Gasteiger partial charge in [-0.3, -0.25) is 4.21 Å². The van der Waals surface area contributed by atoms with Gasteiger partial charge in [0.05, 0.1) is 0 Å². The van der Waals surface area contributed by atoms with Crippen molar-refractivity contribution >= 4 is 22.8 Å². The van der Waals surface area contributed by atoms with Gasteiger partial charge >= 0.3 is 4.59 Å². The van der Waals surface area contributed by atoms with Crippen molar-refractivity contribution in [2.75, 3.05) is 0 Å². The van der Waals surface area contributed by atoms with E-state index in [0.717, 1.165) is 0 Å². The summed E-state index contributed by atoms with van der Waals surface area (Å²) in [5.41, 5.74) is 0. The Balaban J connectivity index is 2.75. The van der Waals surface area contributed by atoms with Gasteiger partial charge < -0.3 is 4.55 Å². The minimum absolute atomic E-state index is 0.00799. The number of rotatable bonds is 3. The molecule has 0 bridgehead atoms. The molecule has 0 aliphatic heterocycles. The van der Waals surface area contributed by atoms with Crippen molar-refractivity contribution in [2.45, 2.75) is 9.48 Å². The SMILES string of the molecule is O=S([O-])C(F)(F)Sc1ccccc1. The predicted octanol–water partition coefficient (Wildman–Crippen LogP) is 2.21. The molecule has 0 radical (unpaired) electrons. The fourth-order valence-corrected chi connectivity index (χ4v) is 1.79. The first kappa shape index (κ1) is 10.6. The molecule has 13 heavy (non-hydrogen) atoms. The van der Waals surface area contributed by atoms with E-state index in [-0.39, 0.29) is 16.7 Å². The Morgan fingerprint density at radius 2 is 1.85 bits per heavy atom. The van der Waals surface area contributed by atoms with Crippen LogP contribution in [0.25, 0.3) is 0 Å². The van der Waals surface area contributed by atoms with Gasteiger partial charge in [0.1, 0.15) is 0 Å². The molecule has 1 unspecified atom stereocenters. The molecular formula is C7H5F2O2S2-. The summed E-state index contributed by atoms with van der Waals surface area (Å²) in [5, 5.41) is 0. The number of hydrogen-bond acceptors (Lipinski definition) is 3. The van der Waals surface area contributed by atoms with Crippen LogP contribution >= 0.6 is 11.8 Å². The van der Waals surface area contributed by atoms with Crippen LogP contribution in [0, 0.1) is 0 Å². The highest BCUT2D eigenvalue weighted by Gasteiger charge is 2.31. The molecule has 0 amide bonds. The summed E-state index contributed by atoms with van der Waals surface area (Å²) in [6, 6.07) is 7.63. The van der Waals surface area contributed by atoms with Crippen molar-refractivity contribution in [3.05, 3.63) is 30.3 Å². The monoisotopic (exact) mass is 223 g/mol. The van der Waals surface area contributed by atoms with Crippen molar-refractivity contribution in [1.29, 1.82) is 0 Å². The molecule has 1 rings (SSSR count). The minimum atomic E-state index is -3.76. The number of halogens is 2. The van der Waals surface area contributed by atoms with Crippen LogP contribution in [0.5, 0.6) is 0 Å². The van der Waals surface area contributed by atoms with E-state index < -0.39 is 15.7 Å². The summed E-state index contributed by atoms with van der Waals surface area (Å²) in [6.07, 6.45) is 0. The average molecular weight is 223 g/mol. The van der Waals surface area contributed by atoms with E-state index in [0.29, 0.717) is 0 Å². The minimum Gasteiger partial charge on any atom is -0.767 e. The van der Waals surface area contributed by atoms with Crippen molar-refractivity contribution in [2.24, 2.45) is 0 Å². The molecule has 0 saturated carbocycles. The van der Waals surface area contributed by atoms with Gasteiger partial charge in [-0.05, 0) is 23.9 Å². The van der Waals surface area contributed by atoms with Crippen LogP contribution in [0.1, 0.15) is 0 Å². The zero-order valence-corrected chi connectivity index (χ0v) is 7.91. The third-order valence-corrected chi connectivity index (χ3v) is 2.97. The van der Waals surface area contributed by atoms with E-state index in [4.69, 9.17) is 0 Å². The Morgan fingerprint density at radius 3 is 2.31 bits per heavy atom. The summed E-state index contributed by atoms with van der Waals surface area (Å²) in [5.74, 6) is 0. The molecule has 0 heterocycles. The smallest absolute Gasteiger partial charge is 0.361 e. The topological polar surface area (TPSA) is 40.1 Å². The van der Waals surface area contributed by atoms with Gasteiger partial charge in [0.25, 0.3) is 0 Å². The zero-order valence-electron chi connectivity index (χ0n) is 6.28. The normalized spacial score (nSPS) is 14.1. The molecule has 2 nitrogen and oxygen atoms in total. The Hall–Kier alpha value is -0.460. The fourth-order valence-electron chi connectivity index (χ4n) is 0.660. The summed E-state index contributed by atoms with van der Waals surface area (Å²) in [6.45, 7) is 0. The van der Waals surface area contributed by atoms with E-state index in [1.165, 1.54) is 12.1 Å². The van der Waals surface area contributed by atoms with Crippen molar-refractivity contribution in [3.63, 3.8) is 0 Å². The van der Waals surface area contributed by atoms with Gasteiger partial charge in [0.2, 0.25) is 0 Å². The standard InChI is InChI=1S/C7H6F2O2S2/c8-7(9,13(10)11)12-6-4-2-1-3-5-6/h1-5H,(H,10,11)/p-1. The number of benzene rings is 1. The van der Waals surface area contributed by atoms with Crippen molar-refractivity contribution < 1.29 is 17.5 Å². The van der Waals surface area contributed by atoms with E-state index in [2.05, 4.69) is 0 Å². The Bertz CT molecular complexity index is 303. The van der Waals surface area contributed by atoms with Crippen LogP contribution in [0.15, 0.2) is 35.2 Å². The first-order valence-electron chi connectivity index (χ1n) is 3.23. The lowest BCUT2D eigenvalue weighted by Gasteiger charge is -2.17. The maximum atomic E-state index is 12.6. The van der Waals surface area contributed by atoms with Gasteiger partial charge in [-0.25, -0.2) is 0 Å². The van der Waals surface area contributed by atoms with E-state index >= 15 is 0 Å². The average Bonchev–Trinajstić information content (AvgIpc) is 2.05. The molecule has 0 N–H and O–H groups in total. The molecule has 0 saturated heterocycles. The molecule has 6 heteroatoms. The lowest BCUT2D eigenvalue weighted by Crippen LogP contribution is -2.17. The highest BCUT2D eigenvalue weighted by Crippen LogP contribution is 2.37. The van der Waals surface area contributed by atoms with Crippen molar-refractivity contribution in [1.82, 2.24) is 0 Å². The maximum absolute atomic E-state index is 12.6. The predicted molar refractivity (Wildman–Crippen MR) is 46.2 cm³/mol. The second-order valence-corrected chi connectivity index (χ2v) is 4.54. The summed E-state index contributed by atoms with van der Waals surface area (Å²) in [7, 11) is 0. The molecule has 0 spiro atoms. The molecule has 72 valence electrons. The number of alkyl halides is 2. The highest BCUT2D eigenvalue weighted by molar-refractivity contribution is 8.10. The first-order chi connectivity index (χ1) is 6.02. The van der Waals surface area contributed by atoms with Crippen LogP contribution in [0.4, 0.5) is 8.78 Å². The van der Waals surface area contributed by atoms with Gasteiger partial charge in [-0.2, -0.15) is 8.78 Å². The quantitative estimate of drug-likeness (QED) is 0.582. The molecule has 0 fully saturated rings. The van der Waals surface area contributed by atoms with Gasteiger partial charge in [0.15, 0.2) is 0 Å². The highest BCUT2D eigenvalue weighted by atomic mass is 32.2. The van der Waals surface area contributed by atoms with Gasteiger partial charge in [0, 0.05) is 16.0 Å². The van der Waals surface area contributed by atoms with E-state index in [1.54, 1.807) is 18.2 Å². The lowest BCUT2D eigenvalue weighted by atomic mass is 10.4. The van der Waals surface area contributed by atoms with Gasteiger partial charge in [-0.1, -0.05) is 18.2 Å². The lowest BCUT2D eigenvalue weighted by molar-refractivity contribution is 0.191. The van der Waals surface area contributed by atoms with Crippen LogP contribution in [-0.2, 0) is 11.1 Å². The summed E-state index contributed by atoms with van der Waals surface area (Å²) in [4.78, 5) is 0.219. The summed E-state index contributed by atoms with van der Waals surface area (Å²) < 4.78 is 41.5. The fraction of sp³-hybridized carbons (Fsp3) is 0.143. The number of hydrogen-bond donors (Lipinski definition) is 0. The Morgan fingerprint density at radius 1 is 1.31 bits per heavy atom. The zero-order chi connectivity index (χ0) is 9.90. The molecule has 1 aromatic rings. The van der Waals surface area contributed by atoms with E-state index in [9.17, 15) is 17.5 Å². The molecular weight excluding hydrogens is 218 g/mol. The molecule has 0 aromatic heterocycles. The van der Waals surface area contributed by atoms with Crippen LogP contribution in [-0.4, -0.2) is 13.3 Å². The van der Waals surface area contributed by atoms with Crippen LogP contribution in [0.2, 0.25) is 0 Å². The number of thioether (sulfide) groups is 1. The molecule has 0 aliphatic carbocycles. The van der Waals surface area contributed by atoms with Crippen molar-refractivity contribution in [3.8, 4) is 0 Å². The third-order valence-electron chi connectivity index (χ3n) is 1.17. The third kappa shape index (κ3) is 3.06. The second-order valence-electron chi connectivity index (χ2n) is 2.11. The van der Waals surface area contributed by atoms with Gasteiger partial charge in [-0.15, -0.1) is 0 Å². The van der Waals surface area contributed by atoms with Crippen LogP contribution < -0.4 is 0 Å². The largest absolute Gasteiger partial charge is 0.767 e.